The lowest BCUT2D eigenvalue weighted by molar-refractivity contribution is -0.498. The van der Waals surface area contributed by atoms with Crippen molar-refractivity contribution in [2.45, 2.75) is 6.04 Å². The second-order valence-electron chi connectivity index (χ2n) is 2.57. The van der Waals surface area contributed by atoms with Gasteiger partial charge in [-0.3, -0.25) is 10.1 Å². The second kappa shape index (κ2) is 3.02. The summed E-state index contributed by atoms with van der Waals surface area (Å²) in [5.41, 5.74) is 1.21. The normalized spacial score (nSPS) is 24.7. The molecule has 0 unspecified atom stereocenters. The Labute approximate surface area is 87.2 Å². The highest BCUT2D eigenvalue weighted by Gasteiger charge is 2.33. The van der Waals surface area contributed by atoms with E-state index < -0.39 is 6.04 Å². The van der Waals surface area contributed by atoms with E-state index >= 15 is 0 Å². The van der Waals surface area contributed by atoms with Gasteiger partial charge in [-0.1, -0.05) is 6.08 Å². The first-order valence-corrected chi connectivity index (χ1v) is 4.62. The summed E-state index contributed by atoms with van der Waals surface area (Å²) in [7, 11) is 0. The van der Waals surface area contributed by atoms with Gasteiger partial charge in [0.2, 0.25) is 0 Å². The number of allylic oxidation sites excluding steroid dienone is 2. The zero-order valence-electron chi connectivity index (χ0n) is 6.35. The van der Waals surface area contributed by atoms with Crippen LogP contribution in [0.3, 0.4) is 0 Å². The van der Waals surface area contributed by atoms with Crippen LogP contribution in [0.4, 0.5) is 0 Å². The van der Waals surface area contributed by atoms with Crippen molar-refractivity contribution in [1.82, 2.24) is 0 Å². The van der Waals surface area contributed by atoms with Crippen LogP contribution in [0.5, 0.6) is 0 Å². The standard InChI is InChI=1S/C7H4IN3O2/c8-7-6-4(9-10-7)2-1-3-5(6)11(12)13/h1-3,5H/t5-/m1/s1. The van der Waals surface area contributed by atoms with Crippen molar-refractivity contribution >= 4 is 22.6 Å². The van der Waals surface area contributed by atoms with Gasteiger partial charge in [0.15, 0.2) is 0 Å². The molecule has 0 aromatic carbocycles. The van der Waals surface area contributed by atoms with Crippen molar-refractivity contribution in [1.29, 1.82) is 0 Å². The number of rotatable bonds is 1. The molecule has 0 aromatic rings. The van der Waals surface area contributed by atoms with Gasteiger partial charge in [0.1, 0.15) is 3.70 Å². The van der Waals surface area contributed by atoms with Crippen molar-refractivity contribution in [3.63, 3.8) is 0 Å². The molecule has 5 nitrogen and oxygen atoms in total. The smallest absolute Gasteiger partial charge is 0.261 e. The fourth-order valence-corrected chi connectivity index (χ4v) is 1.93. The number of hydrogen-bond acceptors (Lipinski definition) is 4. The van der Waals surface area contributed by atoms with Gasteiger partial charge >= 0.3 is 0 Å². The third-order valence-electron chi connectivity index (χ3n) is 1.81. The Hall–Kier alpha value is -1.05. The molecule has 0 bridgehead atoms. The molecule has 6 heteroatoms. The monoisotopic (exact) mass is 289 g/mol. The van der Waals surface area contributed by atoms with Crippen LogP contribution in [0.15, 0.2) is 43.4 Å². The molecule has 2 rings (SSSR count). The molecule has 0 amide bonds. The minimum absolute atomic E-state index is 0.339. The number of hydrogen-bond donors (Lipinski definition) is 0. The average Bonchev–Trinajstić information content (AvgIpc) is 2.48. The quantitative estimate of drug-likeness (QED) is 0.321. The molecule has 0 spiro atoms. The molecule has 2 aliphatic rings. The van der Waals surface area contributed by atoms with E-state index in [1.165, 1.54) is 6.08 Å². The van der Waals surface area contributed by atoms with E-state index in [4.69, 9.17) is 0 Å². The molecule has 0 N–H and O–H groups in total. The van der Waals surface area contributed by atoms with Crippen molar-refractivity contribution in [3.05, 3.63) is 43.3 Å². The van der Waals surface area contributed by atoms with Gasteiger partial charge in [-0.2, -0.15) is 0 Å². The fraction of sp³-hybridized carbons (Fsp3) is 0.143. The molecule has 1 aliphatic carbocycles. The predicted octanol–water partition coefficient (Wildman–Crippen LogP) is 2.20. The maximum Gasteiger partial charge on any atom is 0.261 e. The third kappa shape index (κ3) is 1.30. The lowest BCUT2D eigenvalue weighted by atomic mass is 10.0. The van der Waals surface area contributed by atoms with Crippen LogP contribution in [0.1, 0.15) is 0 Å². The maximum atomic E-state index is 10.6. The Kier molecular flexibility index (Phi) is 1.98. The van der Waals surface area contributed by atoms with Gasteiger partial charge in [-0.05, 0) is 34.7 Å². The highest BCUT2D eigenvalue weighted by atomic mass is 127. The first-order chi connectivity index (χ1) is 6.20. The molecule has 1 atom stereocenters. The molecule has 0 radical (unpaired) electrons. The molecular formula is C7H4IN3O2. The van der Waals surface area contributed by atoms with Crippen molar-refractivity contribution < 1.29 is 4.92 Å². The molecular weight excluding hydrogens is 285 g/mol. The number of fused-ring (bicyclic) bond motifs is 1. The summed E-state index contributed by atoms with van der Waals surface area (Å²) in [6.07, 6.45) is 4.90. The van der Waals surface area contributed by atoms with E-state index in [2.05, 4.69) is 10.2 Å². The summed E-state index contributed by atoms with van der Waals surface area (Å²) < 4.78 is 0.606. The van der Waals surface area contributed by atoms with Gasteiger partial charge in [0.25, 0.3) is 6.04 Å². The van der Waals surface area contributed by atoms with Crippen LogP contribution in [0, 0.1) is 10.1 Å². The molecule has 0 fully saturated rings. The molecule has 0 saturated heterocycles. The minimum Gasteiger partial charge on any atom is -0.264 e. The summed E-state index contributed by atoms with van der Waals surface area (Å²) in [6, 6.07) is -0.790. The predicted molar refractivity (Wildman–Crippen MR) is 53.9 cm³/mol. The maximum absolute atomic E-state index is 10.6. The largest absolute Gasteiger partial charge is 0.264 e. The zero-order valence-corrected chi connectivity index (χ0v) is 8.50. The van der Waals surface area contributed by atoms with Gasteiger partial charge in [-0.25, -0.2) is 0 Å². The van der Waals surface area contributed by atoms with E-state index in [0.717, 1.165) is 0 Å². The number of halogens is 1. The summed E-state index contributed by atoms with van der Waals surface area (Å²) in [4.78, 5) is 10.3. The lowest BCUT2D eigenvalue weighted by Crippen LogP contribution is -2.21. The van der Waals surface area contributed by atoms with Crippen molar-refractivity contribution in [3.8, 4) is 0 Å². The second-order valence-corrected chi connectivity index (χ2v) is 3.59. The van der Waals surface area contributed by atoms with E-state index in [1.54, 1.807) is 12.2 Å². The Morgan fingerprint density at radius 3 is 3.00 bits per heavy atom. The molecule has 0 aromatic heterocycles. The number of nitro groups is 1. The Balaban J connectivity index is 2.48. The number of azo groups is 1. The summed E-state index contributed by atoms with van der Waals surface area (Å²) in [6.45, 7) is 0. The zero-order chi connectivity index (χ0) is 9.42. The first-order valence-electron chi connectivity index (χ1n) is 3.54. The Morgan fingerprint density at radius 1 is 1.54 bits per heavy atom. The lowest BCUT2D eigenvalue weighted by Gasteiger charge is -2.09. The SMILES string of the molecule is O=[N+]([O-])[C@@H]1C=CC=C2N=NC(I)=C21. The molecule has 0 saturated carbocycles. The van der Waals surface area contributed by atoms with Crippen LogP contribution in [0.25, 0.3) is 0 Å². The Morgan fingerprint density at radius 2 is 2.31 bits per heavy atom. The van der Waals surface area contributed by atoms with Crippen molar-refractivity contribution in [2.75, 3.05) is 0 Å². The molecule has 1 aliphatic heterocycles. The van der Waals surface area contributed by atoms with Gasteiger partial charge in [-0.15, -0.1) is 10.2 Å². The summed E-state index contributed by atoms with van der Waals surface area (Å²) >= 11 is 1.96. The van der Waals surface area contributed by atoms with Crippen LogP contribution in [-0.4, -0.2) is 11.0 Å². The topological polar surface area (TPSA) is 67.9 Å². The fourth-order valence-electron chi connectivity index (χ4n) is 1.23. The van der Waals surface area contributed by atoms with Crippen LogP contribution in [-0.2, 0) is 0 Å². The van der Waals surface area contributed by atoms with Gasteiger partial charge < -0.3 is 0 Å². The molecule has 66 valence electrons. The van der Waals surface area contributed by atoms with E-state index in [1.807, 2.05) is 22.6 Å². The van der Waals surface area contributed by atoms with E-state index in [9.17, 15) is 10.1 Å². The Bertz CT molecular complexity index is 395. The van der Waals surface area contributed by atoms with Crippen LogP contribution >= 0.6 is 22.6 Å². The van der Waals surface area contributed by atoms with Crippen LogP contribution < -0.4 is 0 Å². The first kappa shape index (κ1) is 8.54. The third-order valence-corrected chi connectivity index (χ3v) is 2.61. The average molecular weight is 289 g/mol. The highest BCUT2D eigenvalue weighted by molar-refractivity contribution is 14.1. The van der Waals surface area contributed by atoms with E-state index in [-0.39, 0.29) is 4.92 Å². The summed E-state index contributed by atoms with van der Waals surface area (Å²) in [5, 5.41) is 18.3. The highest BCUT2D eigenvalue weighted by Crippen LogP contribution is 2.35. The van der Waals surface area contributed by atoms with E-state index in [0.29, 0.717) is 15.0 Å². The van der Waals surface area contributed by atoms with Crippen LogP contribution in [0.2, 0.25) is 0 Å². The summed E-state index contributed by atoms with van der Waals surface area (Å²) in [5.74, 6) is 0. The van der Waals surface area contributed by atoms with Gasteiger partial charge in [0, 0.05) is 4.92 Å². The molecule has 13 heavy (non-hydrogen) atoms. The number of nitrogens with zero attached hydrogens (tertiary/aromatic N) is 3. The molecule has 1 heterocycles. The van der Waals surface area contributed by atoms with Gasteiger partial charge in [0.05, 0.1) is 11.3 Å². The minimum atomic E-state index is -0.790. The van der Waals surface area contributed by atoms with Crippen molar-refractivity contribution in [2.24, 2.45) is 10.2 Å².